The third-order valence-corrected chi connectivity index (χ3v) is 8.58. The third-order valence-electron chi connectivity index (χ3n) is 5.46. The van der Waals surface area contributed by atoms with E-state index >= 15 is 0 Å². The fourth-order valence-electron chi connectivity index (χ4n) is 3.79. The van der Waals surface area contributed by atoms with Gasteiger partial charge in [-0.05, 0) is 39.0 Å². The van der Waals surface area contributed by atoms with Crippen molar-refractivity contribution in [1.29, 1.82) is 0 Å². The number of sulfonamides is 1. The van der Waals surface area contributed by atoms with Gasteiger partial charge in [-0.15, -0.1) is 11.3 Å². The summed E-state index contributed by atoms with van der Waals surface area (Å²) >= 11 is 1.46. The summed E-state index contributed by atoms with van der Waals surface area (Å²) in [6.07, 6.45) is 1.44. The number of amides is 1. The second-order valence-electron chi connectivity index (χ2n) is 7.48. The number of thiophene rings is 1. The number of nitrogens with zero attached hydrogens (tertiary/aromatic N) is 4. The van der Waals surface area contributed by atoms with Gasteiger partial charge in [0.15, 0.2) is 0 Å². The maximum Gasteiger partial charge on any atom is 0.257 e. The first-order valence-corrected chi connectivity index (χ1v) is 12.1. The topological polar surface area (TPSA) is 75.5 Å². The normalized spacial score (nSPS) is 15.4. The van der Waals surface area contributed by atoms with E-state index in [1.165, 1.54) is 32.6 Å². The molecule has 0 saturated carbocycles. The molecule has 31 heavy (non-hydrogen) atoms. The van der Waals surface area contributed by atoms with E-state index in [-0.39, 0.29) is 37.8 Å². The maximum absolute atomic E-state index is 14.1. The van der Waals surface area contributed by atoms with E-state index in [0.717, 1.165) is 9.75 Å². The van der Waals surface area contributed by atoms with Crippen LogP contribution in [0.4, 0.5) is 4.39 Å². The number of carbonyl (C=O) groups is 1. The molecule has 0 spiro atoms. The van der Waals surface area contributed by atoms with Crippen molar-refractivity contribution < 1.29 is 17.6 Å². The second kappa shape index (κ2) is 8.18. The van der Waals surface area contributed by atoms with E-state index in [1.54, 1.807) is 43.0 Å². The summed E-state index contributed by atoms with van der Waals surface area (Å²) in [5, 5.41) is 4.19. The zero-order valence-corrected chi connectivity index (χ0v) is 19.1. The average molecular weight is 463 g/mol. The standard InChI is InChI=1S/C21H23FN4O3S2/c1-14-12-20(16(3)30-14)31(28,29)25-10-8-24(9-11-25)21(27)17-13-23-26(15(17)2)19-7-5-4-6-18(19)22/h4-7,12-13H,8-11H2,1-3H3. The van der Waals surface area contributed by atoms with Crippen molar-refractivity contribution in [2.75, 3.05) is 26.2 Å². The quantitative estimate of drug-likeness (QED) is 0.597. The molecule has 7 nitrogen and oxygen atoms in total. The lowest BCUT2D eigenvalue weighted by molar-refractivity contribution is 0.0697. The van der Waals surface area contributed by atoms with Gasteiger partial charge in [-0.3, -0.25) is 4.79 Å². The first-order chi connectivity index (χ1) is 14.7. The van der Waals surface area contributed by atoms with Crippen LogP contribution in [-0.2, 0) is 10.0 Å². The van der Waals surface area contributed by atoms with Crippen LogP contribution in [0.3, 0.4) is 0 Å². The fraction of sp³-hybridized carbons (Fsp3) is 0.333. The zero-order chi connectivity index (χ0) is 22.3. The Morgan fingerprint density at radius 2 is 1.77 bits per heavy atom. The first-order valence-electron chi connectivity index (χ1n) is 9.86. The minimum Gasteiger partial charge on any atom is -0.336 e. The Hall–Kier alpha value is -2.56. The summed E-state index contributed by atoms with van der Waals surface area (Å²) in [6.45, 7) is 6.42. The summed E-state index contributed by atoms with van der Waals surface area (Å²) in [5.41, 5.74) is 1.19. The lowest BCUT2D eigenvalue weighted by atomic mass is 10.2. The molecule has 1 fully saturated rings. The second-order valence-corrected chi connectivity index (χ2v) is 10.8. The molecular formula is C21H23FN4O3S2. The lowest BCUT2D eigenvalue weighted by Gasteiger charge is -2.34. The van der Waals surface area contributed by atoms with E-state index in [2.05, 4.69) is 5.10 Å². The molecule has 1 aliphatic heterocycles. The smallest absolute Gasteiger partial charge is 0.257 e. The van der Waals surface area contributed by atoms with E-state index in [0.29, 0.717) is 16.2 Å². The molecule has 0 atom stereocenters. The van der Waals surface area contributed by atoms with Gasteiger partial charge < -0.3 is 4.90 Å². The van der Waals surface area contributed by atoms with Crippen LogP contribution in [-0.4, -0.2) is 59.5 Å². The van der Waals surface area contributed by atoms with E-state index in [4.69, 9.17) is 0 Å². The van der Waals surface area contributed by atoms with E-state index in [1.807, 2.05) is 6.92 Å². The number of hydrogen-bond acceptors (Lipinski definition) is 5. The molecule has 0 unspecified atom stereocenters. The molecular weight excluding hydrogens is 439 g/mol. The van der Waals surface area contributed by atoms with Crippen molar-refractivity contribution in [2.24, 2.45) is 0 Å². The molecule has 0 bridgehead atoms. The third kappa shape index (κ3) is 3.90. The zero-order valence-electron chi connectivity index (χ0n) is 17.5. The van der Waals surface area contributed by atoms with Gasteiger partial charge in [-0.1, -0.05) is 12.1 Å². The van der Waals surface area contributed by atoms with Crippen LogP contribution in [0.15, 0.2) is 41.4 Å². The fourth-order valence-corrected chi connectivity index (χ4v) is 6.74. The number of aryl methyl sites for hydroxylation is 2. The van der Waals surface area contributed by atoms with Gasteiger partial charge >= 0.3 is 0 Å². The molecule has 164 valence electrons. The number of aromatic nitrogens is 2. The highest BCUT2D eigenvalue weighted by atomic mass is 32.2. The van der Waals surface area contributed by atoms with Crippen LogP contribution in [0.5, 0.6) is 0 Å². The van der Waals surface area contributed by atoms with Crippen molar-refractivity contribution in [1.82, 2.24) is 19.0 Å². The molecule has 4 rings (SSSR count). The molecule has 10 heteroatoms. The van der Waals surface area contributed by atoms with Crippen molar-refractivity contribution >= 4 is 27.3 Å². The van der Waals surface area contributed by atoms with Crippen molar-refractivity contribution in [2.45, 2.75) is 25.7 Å². The summed E-state index contributed by atoms with van der Waals surface area (Å²) < 4.78 is 43.0. The van der Waals surface area contributed by atoms with Crippen LogP contribution in [0.1, 0.15) is 25.8 Å². The van der Waals surface area contributed by atoms with Gasteiger partial charge in [-0.25, -0.2) is 17.5 Å². The first kappa shape index (κ1) is 21.7. The molecule has 1 amide bonds. The predicted molar refractivity (Wildman–Crippen MR) is 117 cm³/mol. The SMILES string of the molecule is Cc1cc(S(=O)(=O)N2CCN(C(=O)c3cnn(-c4ccccc4F)c3C)CC2)c(C)s1. The molecule has 2 aromatic heterocycles. The Morgan fingerprint density at radius 3 is 2.39 bits per heavy atom. The van der Waals surface area contributed by atoms with Gasteiger partial charge in [-0.2, -0.15) is 9.40 Å². The van der Waals surface area contributed by atoms with E-state index in [9.17, 15) is 17.6 Å². The molecule has 3 aromatic rings. The summed E-state index contributed by atoms with van der Waals surface area (Å²) in [7, 11) is -3.58. The Morgan fingerprint density at radius 1 is 1.10 bits per heavy atom. The molecule has 1 saturated heterocycles. The molecule has 1 aromatic carbocycles. The maximum atomic E-state index is 14.1. The van der Waals surface area contributed by atoms with Crippen LogP contribution in [0.2, 0.25) is 0 Å². The number of hydrogen-bond donors (Lipinski definition) is 0. The molecule has 1 aliphatic rings. The lowest BCUT2D eigenvalue weighted by Crippen LogP contribution is -2.50. The number of rotatable bonds is 4. The highest BCUT2D eigenvalue weighted by Gasteiger charge is 2.33. The van der Waals surface area contributed by atoms with Gasteiger partial charge in [0.1, 0.15) is 11.5 Å². The van der Waals surface area contributed by atoms with Gasteiger partial charge in [0.2, 0.25) is 10.0 Å². The minimum absolute atomic E-state index is 0.225. The van der Waals surface area contributed by atoms with Crippen molar-refractivity contribution in [3.05, 3.63) is 63.4 Å². The van der Waals surface area contributed by atoms with Crippen LogP contribution in [0.25, 0.3) is 5.69 Å². The number of halogens is 1. The minimum atomic E-state index is -3.58. The average Bonchev–Trinajstić information content (AvgIpc) is 3.29. The van der Waals surface area contributed by atoms with Crippen LogP contribution >= 0.6 is 11.3 Å². The molecule has 0 N–H and O–H groups in total. The van der Waals surface area contributed by atoms with Gasteiger partial charge in [0, 0.05) is 35.9 Å². The predicted octanol–water partition coefficient (Wildman–Crippen LogP) is 3.14. The monoisotopic (exact) mass is 462 g/mol. The van der Waals surface area contributed by atoms with Gasteiger partial charge in [0.25, 0.3) is 5.91 Å². The number of carbonyl (C=O) groups excluding carboxylic acids is 1. The molecule has 3 heterocycles. The number of piperazine rings is 1. The Balaban J connectivity index is 1.49. The Kier molecular flexibility index (Phi) is 5.71. The van der Waals surface area contributed by atoms with Crippen LogP contribution < -0.4 is 0 Å². The van der Waals surface area contributed by atoms with Crippen molar-refractivity contribution in [3.8, 4) is 5.69 Å². The highest BCUT2D eigenvalue weighted by molar-refractivity contribution is 7.89. The van der Waals surface area contributed by atoms with Gasteiger partial charge in [0.05, 0.1) is 22.3 Å². The number of para-hydroxylation sites is 1. The number of benzene rings is 1. The molecule has 0 radical (unpaired) electrons. The highest BCUT2D eigenvalue weighted by Crippen LogP contribution is 2.28. The summed E-state index contributed by atoms with van der Waals surface area (Å²) in [5.74, 6) is -0.662. The van der Waals surface area contributed by atoms with E-state index < -0.39 is 15.8 Å². The largest absolute Gasteiger partial charge is 0.336 e. The summed E-state index contributed by atoms with van der Waals surface area (Å²) in [4.78, 5) is 16.7. The summed E-state index contributed by atoms with van der Waals surface area (Å²) in [6, 6.07) is 7.94. The Bertz CT molecular complexity index is 1240. The van der Waals surface area contributed by atoms with Crippen LogP contribution in [0, 0.1) is 26.6 Å². The molecule has 0 aliphatic carbocycles. The van der Waals surface area contributed by atoms with Crippen molar-refractivity contribution in [3.63, 3.8) is 0 Å². The Labute approximate surface area is 184 Å².